The van der Waals surface area contributed by atoms with E-state index in [-0.39, 0.29) is 5.91 Å². The Hall–Kier alpha value is -1.84. The first-order chi connectivity index (χ1) is 14.1. The van der Waals surface area contributed by atoms with Crippen molar-refractivity contribution < 1.29 is 4.79 Å². The van der Waals surface area contributed by atoms with Crippen molar-refractivity contribution in [2.24, 2.45) is 0 Å². The van der Waals surface area contributed by atoms with Crippen molar-refractivity contribution in [3.63, 3.8) is 0 Å². The van der Waals surface area contributed by atoms with Gasteiger partial charge in [0.05, 0.1) is 5.75 Å². The molecule has 1 fully saturated rings. The van der Waals surface area contributed by atoms with Gasteiger partial charge in [0.25, 0.3) is 0 Å². The number of aromatic nitrogens is 3. The molecule has 0 unspecified atom stereocenters. The number of hydrogen-bond acceptors (Lipinski definition) is 8. The molecule has 0 spiro atoms. The number of hydrogen-bond donors (Lipinski definition) is 1. The summed E-state index contributed by atoms with van der Waals surface area (Å²) in [6.45, 7) is 6.33. The lowest BCUT2D eigenvalue weighted by Gasteiger charge is -2.25. The van der Waals surface area contributed by atoms with E-state index in [9.17, 15) is 4.79 Å². The number of nitrogens with one attached hydrogen (secondary N) is 1. The normalized spacial score (nSPS) is 14.5. The Morgan fingerprint density at radius 1 is 1.21 bits per heavy atom. The molecule has 0 atom stereocenters. The highest BCUT2D eigenvalue weighted by molar-refractivity contribution is 8.00. The first-order valence-electron chi connectivity index (χ1n) is 9.57. The number of amides is 1. The molecule has 1 aliphatic heterocycles. The third-order valence-electron chi connectivity index (χ3n) is 4.63. The second-order valence-electron chi connectivity index (χ2n) is 7.04. The van der Waals surface area contributed by atoms with E-state index in [1.54, 1.807) is 11.3 Å². The molecule has 9 heteroatoms. The van der Waals surface area contributed by atoms with Crippen LogP contribution in [-0.2, 0) is 4.79 Å². The minimum atomic E-state index is -0.0446. The zero-order valence-electron chi connectivity index (χ0n) is 16.4. The summed E-state index contributed by atoms with van der Waals surface area (Å²) in [4.78, 5) is 28.1. The van der Waals surface area contributed by atoms with Crippen LogP contribution >= 0.6 is 34.9 Å². The summed E-state index contributed by atoms with van der Waals surface area (Å²) < 4.78 is 0.958. The highest BCUT2D eigenvalue weighted by atomic mass is 32.2. The van der Waals surface area contributed by atoms with E-state index in [4.69, 9.17) is 0 Å². The zero-order chi connectivity index (χ0) is 20.2. The number of fused-ring (bicyclic) bond motifs is 1. The first-order valence-corrected chi connectivity index (χ1v) is 12.5. The van der Waals surface area contributed by atoms with Gasteiger partial charge in [-0.15, -0.1) is 0 Å². The van der Waals surface area contributed by atoms with Crippen molar-refractivity contribution in [3.8, 4) is 0 Å². The summed E-state index contributed by atoms with van der Waals surface area (Å²) >= 11 is 5.02. The van der Waals surface area contributed by atoms with Crippen LogP contribution in [0.25, 0.3) is 10.3 Å². The lowest BCUT2D eigenvalue weighted by molar-refractivity contribution is -0.113. The average Bonchev–Trinajstić information content (AvgIpc) is 3.18. The molecule has 0 bridgehead atoms. The molecule has 2 aromatic heterocycles. The molecular formula is C20H23N5OS3. The van der Waals surface area contributed by atoms with Crippen molar-refractivity contribution in [1.82, 2.24) is 15.0 Å². The van der Waals surface area contributed by atoms with Gasteiger partial charge < -0.3 is 10.2 Å². The van der Waals surface area contributed by atoms with Gasteiger partial charge in [-0.2, -0.15) is 16.7 Å². The molecule has 1 aliphatic rings. The molecule has 3 aromatic rings. The van der Waals surface area contributed by atoms with E-state index in [0.29, 0.717) is 17.3 Å². The van der Waals surface area contributed by atoms with E-state index in [1.807, 2.05) is 23.9 Å². The van der Waals surface area contributed by atoms with Gasteiger partial charge in [0.1, 0.15) is 16.1 Å². The fourth-order valence-corrected chi connectivity index (χ4v) is 5.84. The Kier molecular flexibility index (Phi) is 6.56. The molecule has 3 heterocycles. The minimum absolute atomic E-state index is 0.0446. The number of anilines is 2. The summed E-state index contributed by atoms with van der Waals surface area (Å²) in [6.07, 6.45) is 1.53. The van der Waals surface area contributed by atoms with Crippen LogP contribution in [0, 0.1) is 0 Å². The van der Waals surface area contributed by atoms with Crippen LogP contribution in [0.15, 0.2) is 35.6 Å². The second-order valence-corrected chi connectivity index (χ2v) is 10.2. The molecule has 1 aromatic carbocycles. The number of thiazole rings is 1. The van der Waals surface area contributed by atoms with Crippen molar-refractivity contribution in [1.29, 1.82) is 0 Å². The third-order valence-corrected chi connectivity index (χ3v) is 7.80. The summed E-state index contributed by atoms with van der Waals surface area (Å²) in [6, 6.07) is 8.01. The molecular weight excluding hydrogens is 422 g/mol. The molecule has 6 nitrogen and oxygen atoms in total. The Balaban J connectivity index is 1.41. The van der Waals surface area contributed by atoms with E-state index in [0.717, 1.165) is 45.1 Å². The largest absolute Gasteiger partial charge is 0.346 e. The number of carbonyl (C=O) groups is 1. The van der Waals surface area contributed by atoms with E-state index in [2.05, 4.69) is 51.1 Å². The quantitative estimate of drug-likeness (QED) is 0.443. The molecule has 0 radical (unpaired) electrons. The highest BCUT2D eigenvalue weighted by Crippen LogP contribution is 2.34. The second kappa shape index (κ2) is 9.32. The molecule has 29 heavy (non-hydrogen) atoms. The average molecular weight is 446 g/mol. The third kappa shape index (κ3) is 5.02. The van der Waals surface area contributed by atoms with Gasteiger partial charge >= 0.3 is 0 Å². The zero-order valence-corrected chi connectivity index (χ0v) is 18.9. The SMILES string of the molecule is CC(C)c1ccc(NC(=O)CSc2ncnc3nc(N4CCSCC4)sc23)cc1. The first kappa shape index (κ1) is 20.4. The molecule has 1 amide bonds. The topological polar surface area (TPSA) is 71.0 Å². The Bertz CT molecular complexity index is 983. The Morgan fingerprint density at radius 2 is 1.97 bits per heavy atom. The van der Waals surface area contributed by atoms with Crippen LogP contribution in [0.2, 0.25) is 0 Å². The van der Waals surface area contributed by atoms with Crippen molar-refractivity contribution in [2.45, 2.75) is 24.8 Å². The lowest BCUT2D eigenvalue weighted by atomic mass is 10.0. The summed E-state index contributed by atoms with van der Waals surface area (Å²) in [7, 11) is 0. The summed E-state index contributed by atoms with van der Waals surface area (Å²) in [5.41, 5.74) is 2.79. The van der Waals surface area contributed by atoms with E-state index in [1.165, 1.54) is 23.7 Å². The predicted molar refractivity (Wildman–Crippen MR) is 125 cm³/mol. The fraction of sp³-hybridized carbons (Fsp3) is 0.400. The van der Waals surface area contributed by atoms with Crippen LogP contribution in [0.3, 0.4) is 0 Å². The van der Waals surface area contributed by atoms with Gasteiger partial charge in [0.2, 0.25) is 5.91 Å². The highest BCUT2D eigenvalue weighted by Gasteiger charge is 2.18. The van der Waals surface area contributed by atoms with Crippen molar-refractivity contribution in [3.05, 3.63) is 36.2 Å². The smallest absolute Gasteiger partial charge is 0.234 e. The molecule has 0 aliphatic carbocycles. The maximum Gasteiger partial charge on any atom is 0.234 e. The van der Waals surface area contributed by atoms with Crippen LogP contribution in [-0.4, -0.2) is 51.2 Å². The number of carbonyl (C=O) groups excluding carboxylic acids is 1. The van der Waals surface area contributed by atoms with E-state index < -0.39 is 0 Å². The fourth-order valence-electron chi connectivity index (χ4n) is 3.00. The molecule has 1 N–H and O–H groups in total. The van der Waals surface area contributed by atoms with Crippen LogP contribution < -0.4 is 10.2 Å². The van der Waals surface area contributed by atoms with E-state index >= 15 is 0 Å². The maximum absolute atomic E-state index is 12.4. The number of nitrogens with zero attached hydrogens (tertiary/aromatic N) is 4. The number of thioether (sulfide) groups is 2. The lowest BCUT2D eigenvalue weighted by Crippen LogP contribution is -2.32. The Morgan fingerprint density at radius 3 is 2.69 bits per heavy atom. The predicted octanol–water partition coefficient (Wildman–Crippen LogP) is 4.49. The summed E-state index contributed by atoms with van der Waals surface area (Å²) in [5.74, 6) is 2.98. The molecule has 0 saturated carbocycles. The summed E-state index contributed by atoms with van der Waals surface area (Å²) in [5, 5.41) is 4.77. The number of rotatable bonds is 6. The monoisotopic (exact) mass is 445 g/mol. The van der Waals surface area contributed by atoms with Gasteiger partial charge in [-0.05, 0) is 23.6 Å². The van der Waals surface area contributed by atoms with Gasteiger partial charge in [0, 0.05) is 30.3 Å². The van der Waals surface area contributed by atoms with Crippen molar-refractivity contribution >= 4 is 61.9 Å². The maximum atomic E-state index is 12.4. The molecule has 4 rings (SSSR count). The molecule has 152 valence electrons. The standard InChI is InChI=1S/C20H23N5OS3/c1-13(2)14-3-5-15(6-4-14)23-16(26)11-28-19-17-18(21-12-22-19)24-20(29-17)25-7-9-27-10-8-25/h3-6,12-13H,7-11H2,1-2H3,(H,23,26). The minimum Gasteiger partial charge on any atom is -0.346 e. The van der Waals surface area contributed by atoms with Gasteiger partial charge in [-0.1, -0.05) is 49.1 Å². The van der Waals surface area contributed by atoms with Crippen LogP contribution in [0.5, 0.6) is 0 Å². The van der Waals surface area contributed by atoms with Crippen molar-refractivity contribution in [2.75, 3.05) is 40.6 Å². The van der Waals surface area contributed by atoms with Crippen LogP contribution in [0.4, 0.5) is 10.8 Å². The van der Waals surface area contributed by atoms with Crippen LogP contribution in [0.1, 0.15) is 25.3 Å². The number of benzene rings is 1. The molecule has 1 saturated heterocycles. The van der Waals surface area contributed by atoms with Gasteiger partial charge in [-0.3, -0.25) is 4.79 Å². The Labute approximate surface area is 182 Å². The van der Waals surface area contributed by atoms with Gasteiger partial charge in [0.15, 0.2) is 10.8 Å². The van der Waals surface area contributed by atoms with Gasteiger partial charge in [-0.25, -0.2) is 9.97 Å².